The van der Waals surface area contributed by atoms with Crippen molar-refractivity contribution < 1.29 is 14.5 Å². The van der Waals surface area contributed by atoms with E-state index in [1.165, 1.54) is 10.5 Å². The van der Waals surface area contributed by atoms with Gasteiger partial charge in [0.15, 0.2) is 0 Å². The zero-order valence-electron chi connectivity index (χ0n) is 14.1. The number of hydrogen-bond donors (Lipinski definition) is 2. The monoisotopic (exact) mass is 331 g/mol. The highest BCUT2D eigenvalue weighted by Crippen LogP contribution is 2.18. The van der Waals surface area contributed by atoms with Crippen LogP contribution in [0.3, 0.4) is 0 Å². The molecule has 2 saturated heterocycles. The SMILES string of the molecule is NC(=O)N1CCC[C@H](C(=O)N2CC[NH+](Cc3ccccc3)CC2)C1. The summed E-state index contributed by atoms with van der Waals surface area (Å²) in [7, 11) is 0. The van der Waals surface area contributed by atoms with Gasteiger partial charge in [0.2, 0.25) is 5.91 Å². The van der Waals surface area contributed by atoms with E-state index in [0.717, 1.165) is 45.6 Å². The van der Waals surface area contributed by atoms with Crippen LogP contribution in [0.2, 0.25) is 0 Å². The summed E-state index contributed by atoms with van der Waals surface area (Å²) in [5.74, 6) is 0.113. The van der Waals surface area contributed by atoms with Gasteiger partial charge in [0.25, 0.3) is 0 Å². The highest BCUT2D eigenvalue weighted by atomic mass is 16.2. The Bertz CT molecular complexity index is 570. The summed E-state index contributed by atoms with van der Waals surface area (Å²) >= 11 is 0. The van der Waals surface area contributed by atoms with Crippen molar-refractivity contribution in [3.8, 4) is 0 Å². The maximum Gasteiger partial charge on any atom is 0.314 e. The van der Waals surface area contributed by atoms with Crippen LogP contribution in [0, 0.1) is 5.92 Å². The number of quaternary nitrogens is 1. The number of nitrogens with one attached hydrogen (secondary N) is 1. The lowest BCUT2D eigenvalue weighted by molar-refractivity contribution is -0.917. The van der Waals surface area contributed by atoms with Gasteiger partial charge in [-0.2, -0.15) is 0 Å². The van der Waals surface area contributed by atoms with Crippen molar-refractivity contribution in [3.63, 3.8) is 0 Å². The third-order valence-electron chi connectivity index (χ3n) is 5.16. The normalized spacial score (nSPS) is 22.4. The molecule has 0 aromatic heterocycles. The third kappa shape index (κ3) is 4.06. The number of benzene rings is 1. The van der Waals surface area contributed by atoms with Gasteiger partial charge in [-0.25, -0.2) is 4.79 Å². The fraction of sp³-hybridized carbons (Fsp3) is 0.556. The summed E-state index contributed by atoms with van der Waals surface area (Å²) in [6, 6.07) is 10.1. The highest BCUT2D eigenvalue weighted by molar-refractivity contribution is 5.80. The van der Waals surface area contributed by atoms with Crippen LogP contribution in [0.4, 0.5) is 4.79 Å². The lowest BCUT2D eigenvalue weighted by Gasteiger charge is -2.37. The minimum Gasteiger partial charge on any atom is -0.351 e. The Kier molecular flexibility index (Phi) is 5.35. The van der Waals surface area contributed by atoms with Gasteiger partial charge in [-0.3, -0.25) is 4.79 Å². The molecule has 1 aromatic carbocycles. The van der Waals surface area contributed by atoms with Crippen molar-refractivity contribution >= 4 is 11.9 Å². The molecule has 0 aliphatic carbocycles. The average molecular weight is 331 g/mol. The van der Waals surface area contributed by atoms with E-state index in [2.05, 4.69) is 24.3 Å². The molecule has 6 heteroatoms. The van der Waals surface area contributed by atoms with Crippen molar-refractivity contribution in [2.24, 2.45) is 11.7 Å². The smallest absolute Gasteiger partial charge is 0.314 e. The largest absolute Gasteiger partial charge is 0.351 e. The molecule has 3 rings (SSSR count). The molecule has 2 fully saturated rings. The number of carbonyl (C=O) groups excluding carboxylic acids is 2. The molecule has 3 N–H and O–H groups in total. The van der Waals surface area contributed by atoms with Gasteiger partial charge in [-0.05, 0) is 12.8 Å². The van der Waals surface area contributed by atoms with Gasteiger partial charge in [0.1, 0.15) is 6.54 Å². The van der Waals surface area contributed by atoms with Gasteiger partial charge in [-0.1, -0.05) is 30.3 Å². The molecular weight excluding hydrogens is 304 g/mol. The molecule has 2 aliphatic rings. The Hall–Kier alpha value is -2.08. The number of rotatable bonds is 3. The number of hydrogen-bond acceptors (Lipinski definition) is 2. The van der Waals surface area contributed by atoms with Crippen molar-refractivity contribution in [1.82, 2.24) is 9.80 Å². The second-order valence-electron chi connectivity index (χ2n) is 6.86. The summed E-state index contributed by atoms with van der Waals surface area (Å²) < 4.78 is 0. The molecule has 1 aromatic rings. The first-order valence-electron chi connectivity index (χ1n) is 8.84. The van der Waals surface area contributed by atoms with Crippen LogP contribution >= 0.6 is 0 Å². The van der Waals surface area contributed by atoms with E-state index in [4.69, 9.17) is 5.73 Å². The van der Waals surface area contributed by atoms with Crippen LogP contribution in [-0.4, -0.2) is 61.0 Å². The van der Waals surface area contributed by atoms with Crippen LogP contribution in [0.15, 0.2) is 30.3 Å². The fourth-order valence-electron chi connectivity index (χ4n) is 3.74. The van der Waals surface area contributed by atoms with E-state index >= 15 is 0 Å². The molecule has 0 spiro atoms. The quantitative estimate of drug-likeness (QED) is 0.799. The Morgan fingerprint density at radius 3 is 2.46 bits per heavy atom. The number of likely N-dealkylation sites (tertiary alicyclic amines) is 1. The Morgan fingerprint density at radius 1 is 1.08 bits per heavy atom. The summed E-state index contributed by atoms with van der Waals surface area (Å²) in [5.41, 5.74) is 6.70. The maximum atomic E-state index is 12.7. The minimum absolute atomic E-state index is 0.0816. The fourth-order valence-corrected chi connectivity index (χ4v) is 3.74. The molecule has 0 radical (unpaired) electrons. The molecule has 2 heterocycles. The zero-order chi connectivity index (χ0) is 16.9. The number of piperazine rings is 1. The number of carbonyl (C=O) groups is 2. The summed E-state index contributed by atoms with van der Waals surface area (Å²) in [6.07, 6.45) is 1.72. The molecule has 0 saturated carbocycles. The number of urea groups is 1. The Morgan fingerprint density at radius 2 is 1.79 bits per heavy atom. The second-order valence-corrected chi connectivity index (χ2v) is 6.86. The van der Waals surface area contributed by atoms with Gasteiger partial charge in [0, 0.05) is 18.7 Å². The Labute approximate surface area is 143 Å². The van der Waals surface area contributed by atoms with Crippen LogP contribution in [0.5, 0.6) is 0 Å². The van der Waals surface area contributed by atoms with Crippen LogP contribution in [0.25, 0.3) is 0 Å². The lowest BCUT2D eigenvalue weighted by Crippen LogP contribution is -3.13. The second kappa shape index (κ2) is 7.66. The molecule has 6 nitrogen and oxygen atoms in total. The van der Waals surface area contributed by atoms with E-state index in [-0.39, 0.29) is 11.8 Å². The predicted molar refractivity (Wildman–Crippen MR) is 91.3 cm³/mol. The molecule has 0 unspecified atom stereocenters. The number of nitrogens with zero attached hydrogens (tertiary/aromatic N) is 2. The lowest BCUT2D eigenvalue weighted by atomic mass is 9.96. The average Bonchev–Trinajstić information content (AvgIpc) is 2.63. The van der Waals surface area contributed by atoms with Crippen LogP contribution in [0.1, 0.15) is 18.4 Å². The highest BCUT2D eigenvalue weighted by Gasteiger charge is 2.32. The summed E-state index contributed by atoms with van der Waals surface area (Å²) in [4.78, 5) is 29.2. The van der Waals surface area contributed by atoms with E-state index < -0.39 is 6.03 Å². The van der Waals surface area contributed by atoms with Crippen LogP contribution < -0.4 is 10.6 Å². The molecule has 1 atom stereocenters. The van der Waals surface area contributed by atoms with Crippen LogP contribution in [-0.2, 0) is 11.3 Å². The van der Waals surface area contributed by atoms with Crippen molar-refractivity contribution in [2.45, 2.75) is 19.4 Å². The van der Waals surface area contributed by atoms with Gasteiger partial charge in [-0.15, -0.1) is 0 Å². The van der Waals surface area contributed by atoms with E-state index in [0.29, 0.717) is 13.1 Å². The van der Waals surface area contributed by atoms with Gasteiger partial charge >= 0.3 is 6.03 Å². The summed E-state index contributed by atoms with van der Waals surface area (Å²) in [5, 5.41) is 0. The molecule has 24 heavy (non-hydrogen) atoms. The van der Waals surface area contributed by atoms with Crippen molar-refractivity contribution in [3.05, 3.63) is 35.9 Å². The number of amides is 3. The van der Waals surface area contributed by atoms with Gasteiger partial charge in [0.05, 0.1) is 32.1 Å². The number of nitrogens with two attached hydrogens (primary N) is 1. The predicted octanol–water partition coefficient (Wildman–Crippen LogP) is -0.296. The standard InChI is InChI=1S/C18H26N4O2/c19-18(24)22-8-4-7-16(14-22)17(23)21-11-9-20(10-12-21)13-15-5-2-1-3-6-15/h1-3,5-6,16H,4,7-14H2,(H2,19,24)/p+1/t16-/m0/s1. The molecule has 2 aliphatic heterocycles. The first-order valence-corrected chi connectivity index (χ1v) is 8.84. The first-order chi connectivity index (χ1) is 11.6. The zero-order valence-corrected chi connectivity index (χ0v) is 14.1. The van der Waals surface area contributed by atoms with E-state index in [1.807, 2.05) is 11.0 Å². The third-order valence-corrected chi connectivity index (χ3v) is 5.16. The van der Waals surface area contributed by atoms with Crippen molar-refractivity contribution in [2.75, 3.05) is 39.3 Å². The number of piperidine rings is 1. The van der Waals surface area contributed by atoms with Crippen molar-refractivity contribution in [1.29, 1.82) is 0 Å². The molecule has 3 amide bonds. The van der Waals surface area contributed by atoms with E-state index in [1.54, 1.807) is 4.90 Å². The molecule has 130 valence electrons. The van der Waals surface area contributed by atoms with E-state index in [9.17, 15) is 9.59 Å². The molecular formula is C18H27N4O2+. The Balaban J connectivity index is 1.49. The molecule has 0 bridgehead atoms. The number of primary amides is 1. The minimum atomic E-state index is -0.412. The maximum absolute atomic E-state index is 12.7. The topological polar surface area (TPSA) is 71.1 Å². The first kappa shape index (κ1) is 16.8. The summed E-state index contributed by atoms with van der Waals surface area (Å²) in [6.45, 7) is 5.73. The van der Waals surface area contributed by atoms with Gasteiger partial charge < -0.3 is 20.4 Å².